The quantitative estimate of drug-likeness (QED) is 0.648. The highest BCUT2D eigenvalue weighted by molar-refractivity contribution is 5.44. The molecule has 0 aliphatic carbocycles. The van der Waals surface area contributed by atoms with Crippen molar-refractivity contribution in [1.29, 1.82) is 0 Å². The summed E-state index contributed by atoms with van der Waals surface area (Å²) in [7, 11) is 1.67. The van der Waals surface area contributed by atoms with Gasteiger partial charge in [0.25, 0.3) is 0 Å². The van der Waals surface area contributed by atoms with E-state index in [-0.39, 0.29) is 11.6 Å². The molecule has 4 rings (SSSR count). The highest BCUT2D eigenvalue weighted by Crippen LogP contribution is 2.33. The number of benzene rings is 1. The summed E-state index contributed by atoms with van der Waals surface area (Å²) in [6.07, 6.45) is -3.63. The lowest BCUT2D eigenvalue weighted by Crippen LogP contribution is -2.20. The normalized spacial score (nSPS) is 17.9. The molecular weight excluding hydrogens is 381 g/mol. The number of likely N-dealkylation sites (tertiary alicyclic amines) is 1. The fourth-order valence-corrected chi connectivity index (χ4v) is 4.11. The average Bonchev–Trinajstić information content (AvgIpc) is 3.27. The first-order valence-corrected chi connectivity index (χ1v) is 9.55. The summed E-state index contributed by atoms with van der Waals surface area (Å²) in [6.45, 7) is 5.91. The third-order valence-corrected chi connectivity index (χ3v) is 5.45. The molecule has 1 unspecified atom stereocenters. The Bertz CT molecular complexity index is 1040. The standard InChI is InChI=1S/C21H23F3N4O/c1-13-5-4-6-16(20(13)29-3)12-27-8-7-15(11-27)17-10-19-25-14(2)9-18(21(22,23)24)28(19)26-17/h4-6,9-10,15H,7-8,11-12H2,1-3H3. The number of methoxy groups -OCH3 is 1. The number of aryl methyl sites for hydroxylation is 2. The summed E-state index contributed by atoms with van der Waals surface area (Å²) in [5.41, 5.74) is 2.64. The smallest absolute Gasteiger partial charge is 0.433 e. The van der Waals surface area contributed by atoms with Gasteiger partial charge in [0.15, 0.2) is 5.65 Å². The SMILES string of the molecule is COc1c(C)cccc1CN1CCC(c2cc3nc(C)cc(C(F)(F)F)n3n2)C1. The molecule has 0 amide bonds. The minimum absolute atomic E-state index is 0.0777. The van der Waals surface area contributed by atoms with Gasteiger partial charge >= 0.3 is 6.18 Å². The van der Waals surface area contributed by atoms with E-state index >= 15 is 0 Å². The second-order valence-electron chi connectivity index (χ2n) is 7.61. The van der Waals surface area contributed by atoms with Crippen molar-refractivity contribution in [2.45, 2.75) is 38.9 Å². The van der Waals surface area contributed by atoms with E-state index in [1.807, 2.05) is 25.1 Å². The molecule has 2 aromatic heterocycles. The van der Waals surface area contributed by atoms with Gasteiger partial charge < -0.3 is 4.74 Å². The van der Waals surface area contributed by atoms with Crippen molar-refractivity contribution in [2.75, 3.05) is 20.2 Å². The van der Waals surface area contributed by atoms with Crippen molar-refractivity contribution >= 4 is 5.65 Å². The van der Waals surface area contributed by atoms with Gasteiger partial charge in [-0.3, -0.25) is 4.90 Å². The number of alkyl halides is 3. The zero-order valence-electron chi connectivity index (χ0n) is 16.6. The molecule has 0 bridgehead atoms. The Labute approximate surface area is 167 Å². The first-order chi connectivity index (χ1) is 13.8. The minimum atomic E-state index is -4.47. The number of hydrogen-bond donors (Lipinski definition) is 0. The summed E-state index contributed by atoms with van der Waals surface area (Å²) in [5, 5.41) is 4.27. The number of ether oxygens (including phenoxy) is 1. The minimum Gasteiger partial charge on any atom is -0.496 e. The van der Waals surface area contributed by atoms with Gasteiger partial charge in [0.05, 0.1) is 12.8 Å². The predicted molar refractivity (Wildman–Crippen MR) is 103 cm³/mol. The number of nitrogens with zero attached hydrogens (tertiary/aromatic N) is 4. The number of fused-ring (bicyclic) bond motifs is 1. The van der Waals surface area contributed by atoms with Crippen LogP contribution in [0.5, 0.6) is 5.75 Å². The van der Waals surface area contributed by atoms with Crippen LogP contribution in [0.1, 0.15) is 40.5 Å². The van der Waals surface area contributed by atoms with Crippen molar-refractivity contribution in [3.8, 4) is 5.75 Å². The largest absolute Gasteiger partial charge is 0.496 e. The molecule has 1 aromatic carbocycles. The summed E-state index contributed by atoms with van der Waals surface area (Å²) < 4.78 is 46.6. The molecule has 154 valence electrons. The highest BCUT2D eigenvalue weighted by Gasteiger charge is 2.35. The van der Waals surface area contributed by atoms with Crippen LogP contribution < -0.4 is 4.74 Å². The van der Waals surface area contributed by atoms with Crippen molar-refractivity contribution < 1.29 is 17.9 Å². The van der Waals surface area contributed by atoms with Gasteiger partial charge in [0, 0.05) is 36.3 Å². The summed E-state index contributed by atoms with van der Waals surface area (Å²) >= 11 is 0. The fraction of sp³-hybridized carbons (Fsp3) is 0.429. The molecule has 3 aromatic rings. The number of aromatic nitrogens is 3. The number of hydrogen-bond acceptors (Lipinski definition) is 4. The van der Waals surface area contributed by atoms with E-state index < -0.39 is 11.9 Å². The number of para-hydroxylation sites is 1. The van der Waals surface area contributed by atoms with Gasteiger partial charge in [-0.15, -0.1) is 0 Å². The first-order valence-electron chi connectivity index (χ1n) is 9.55. The molecule has 1 saturated heterocycles. The van der Waals surface area contributed by atoms with Crippen molar-refractivity contribution in [1.82, 2.24) is 19.5 Å². The Balaban J connectivity index is 1.57. The molecule has 5 nitrogen and oxygen atoms in total. The van der Waals surface area contributed by atoms with Crippen molar-refractivity contribution in [2.24, 2.45) is 0 Å². The molecule has 1 fully saturated rings. The molecule has 1 atom stereocenters. The molecule has 3 heterocycles. The predicted octanol–water partition coefficient (Wildman–Crippen LogP) is 4.36. The Morgan fingerprint density at radius 1 is 1.21 bits per heavy atom. The van der Waals surface area contributed by atoms with Crippen LogP contribution in [-0.4, -0.2) is 39.7 Å². The second kappa shape index (κ2) is 7.33. The zero-order valence-corrected chi connectivity index (χ0v) is 16.6. The second-order valence-corrected chi connectivity index (χ2v) is 7.61. The molecular formula is C21H23F3N4O. The lowest BCUT2D eigenvalue weighted by molar-refractivity contribution is -0.142. The molecule has 0 N–H and O–H groups in total. The number of halogens is 3. The maximum Gasteiger partial charge on any atom is 0.433 e. The summed E-state index contributed by atoms with van der Waals surface area (Å²) in [5.74, 6) is 0.965. The Morgan fingerprint density at radius 3 is 2.72 bits per heavy atom. The molecule has 29 heavy (non-hydrogen) atoms. The maximum absolute atomic E-state index is 13.4. The van der Waals surface area contributed by atoms with Crippen LogP contribution in [0.25, 0.3) is 5.65 Å². The highest BCUT2D eigenvalue weighted by atomic mass is 19.4. The van der Waals surface area contributed by atoms with Crippen molar-refractivity contribution in [3.05, 3.63) is 58.5 Å². The van der Waals surface area contributed by atoms with Gasteiger partial charge in [-0.25, -0.2) is 9.50 Å². The van der Waals surface area contributed by atoms with Gasteiger partial charge in [0.1, 0.15) is 11.4 Å². The molecule has 8 heteroatoms. The topological polar surface area (TPSA) is 42.7 Å². The zero-order chi connectivity index (χ0) is 20.8. The Hall–Kier alpha value is -2.61. The molecule has 0 saturated carbocycles. The van der Waals surface area contributed by atoms with E-state index in [0.717, 1.165) is 53.5 Å². The first kappa shape index (κ1) is 19.7. The van der Waals surface area contributed by atoms with Crippen LogP contribution in [0.4, 0.5) is 13.2 Å². The van der Waals surface area contributed by atoms with Crippen LogP contribution >= 0.6 is 0 Å². The summed E-state index contributed by atoms with van der Waals surface area (Å²) in [6, 6.07) is 8.79. The third-order valence-electron chi connectivity index (χ3n) is 5.45. The molecule has 0 radical (unpaired) electrons. The van der Waals surface area contributed by atoms with E-state index in [1.54, 1.807) is 20.1 Å². The maximum atomic E-state index is 13.4. The Kier molecular flexibility index (Phi) is 4.98. The van der Waals surface area contributed by atoms with Gasteiger partial charge in [0.2, 0.25) is 0 Å². The van der Waals surface area contributed by atoms with Crippen LogP contribution in [0, 0.1) is 13.8 Å². The van der Waals surface area contributed by atoms with Crippen LogP contribution in [0.15, 0.2) is 30.3 Å². The van der Waals surface area contributed by atoms with Gasteiger partial charge in [-0.05, 0) is 38.4 Å². The third kappa shape index (κ3) is 3.81. The summed E-state index contributed by atoms with van der Waals surface area (Å²) in [4.78, 5) is 6.52. The fourth-order valence-electron chi connectivity index (χ4n) is 4.11. The molecule has 0 spiro atoms. The van der Waals surface area contributed by atoms with E-state index in [2.05, 4.69) is 15.0 Å². The van der Waals surface area contributed by atoms with E-state index in [1.165, 1.54) is 0 Å². The van der Waals surface area contributed by atoms with Crippen LogP contribution in [-0.2, 0) is 12.7 Å². The molecule has 1 aliphatic rings. The van der Waals surface area contributed by atoms with Crippen LogP contribution in [0.3, 0.4) is 0 Å². The average molecular weight is 404 g/mol. The van der Waals surface area contributed by atoms with Crippen molar-refractivity contribution in [3.63, 3.8) is 0 Å². The van der Waals surface area contributed by atoms with Crippen LogP contribution in [0.2, 0.25) is 0 Å². The number of rotatable bonds is 4. The molecule has 1 aliphatic heterocycles. The lowest BCUT2D eigenvalue weighted by Gasteiger charge is -2.18. The van der Waals surface area contributed by atoms with E-state index in [4.69, 9.17) is 4.74 Å². The van der Waals surface area contributed by atoms with E-state index in [0.29, 0.717) is 11.4 Å². The van der Waals surface area contributed by atoms with Gasteiger partial charge in [-0.2, -0.15) is 18.3 Å². The monoisotopic (exact) mass is 404 g/mol. The Morgan fingerprint density at radius 2 is 2.00 bits per heavy atom. The lowest BCUT2D eigenvalue weighted by atomic mass is 10.1. The van der Waals surface area contributed by atoms with Gasteiger partial charge in [-0.1, -0.05) is 18.2 Å². The van der Waals surface area contributed by atoms with E-state index in [9.17, 15) is 13.2 Å².